The first kappa shape index (κ1) is 12.6. The lowest BCUT2D eigenvalue weighted by atomic mass is 10.2. The summed E-state index contributed by atoms with van der Waals surface area (Å²) in [6.07, 6.45) is 0. The van der Waals surface area contributed by atoms with E-state index in [0.29, 0.717) is 0 Å². The van der Waals surface area contributed by atoms with Crippen LogP contribution < -0.4 is 10.1 Å². The molecule has 4 nitrogen and oxygen atoms in total. The highest BCUT2D eigenvalue weighted by Crippen LogP contribution is 2.20. The Labute approximate surface area is 108 Å². The number of benzene rings is 1. The van der Waals surface area contributed by atoms with E-state index in [1.165, 1.54) is 5.56 Å². The molecule has 0 amide bonds. The van der Waals surface area contributed by atoms with Crippen LogP contribution in [0.4, 0.5) is 0 Å². The van der Waals surface area contributed by atoms with Gasteiger partial charge >= 0.3 is 0 Å². The largest absolute Gasteiger partial charge is 0.481 e. The molecule has 2 aromatic rings. The molecule has 0 unspecified atom stereocenters. The number of hydrogen-bond acceptors (Lipinski definition) is 3. The van der Waals surface area contributed by atoms with Crippen LogP contribution in [0.5, 0.6) is 5.88 Å². The molecule has 1 aromatic heterocycles. The van der Waals surface area contributed by atoms with E-state index in [2.05, 4.69) is 22.5 Å². The van der Waals surface area contributed by atoms with Crippen LogP contribution in [0.15, 0.2) is 30.3 Å². The number of aromatic nitrogens is 2. The van der Waals surface area contributed by atoms with Gasteiger partial charge in [-0.2, -0.15) is 5.10 Å². The minimum atomic E-state index is 0.762. The molecule has 0 saturated carbocycles. The lowest BCUT2D eigenvalue weighted by Crippen LogP contribution is -2.13. The molecule has 0 atom stereocenters. The van der Waals surface area contributed by atoms with Gasteiger partial charge in [-0.05, 0) is 12.5 Å². The first-order chi connectivity index (χ1) is 8.72. The van der Waals surface area contributed by atoms with Crippen molar-refractivity contribution in [3.8, 4) is 5.88 Å². The smallest absolute Gasteiger partial charge is 0.216 e. The Kier molecular flexibility index (Phi) is 3.99. The number of ether oxygens (including phenoxy) is 1. The first-order valence-corrected chi connectivity index (χ1v) is 6.03. The van der Waals surface area contributed by atoms with E-state index in [-0.39, 0.29) is 0 Å². The average Bonchev–Trinajstić information content (AvgIpc) is 2.65. The van der Waals surface area contributed by atoms with Gasteiger partial charge in [0.2, 0.25) is 5.88 Å². The molecule has 1 N–H and O–H groups in total. The number of nitrogens with zero attached hydrogens (tertiary/aromatic N) is 2. The highest BCUT2D eigenvalue weighted by atomic mass is 16.5. The number of hydrogen-bond donors (Lipinski definition) is 1. The molecule has 0 spiro atoms. The average molecular weight is 245 g/mol. The lowest BCUT2D eigenvalue weighted by Gasteiger charge is -2.07. The Morgan fingerprint density at radius 2 is 1.94 bits per heavy atom. The van der Waals surface area contributed by atoms with E-state index in [4.69, 9.17) is 4.74 Å². The predicted molar refractivity (Wildman–Crippen MR) is 71.5 cm³/mol. The molecule has 2 rings (SSSR count). The molecule has 0 bridgehead atoms. The summed E-state index contributed by atoms with van der Waals surface area (Å²) in [6, 6.07) is 10.3. The summed E-state index contributed by atoms with van der Waals surface area (Å²) in [7, 11) is 3.57. The van der Waals surface area contributed by atoms with Crippen LogP contribution >= 0.6 is 0 Å². The monoisotopic (exact) mass is 245 g/mol. The van der Waals surface area contributed by atoms with E-state index in [1.54, 1.807) is 11.8 Å². The van der Waals surface area contributed by atoms with Crippen molar-refractivity contribution >= 4 is 0 Å². The van der Waals surface area contributed by atoms with Crippen molar-refractivity contribution in [1.82, 2.24) is 15.1 Å². The molecule has 0 saturated heterocycles. The van der Waals surface area contributed by atoms with Crippen molar-refractivity contribution in [2.45, 2.75) is 20.0 Å². The number of methoxy groups -OCH3 is 1. The highest BCUT2D eigenvalue weighted by Gasteiger charge is 2.12. The van der Waals surface area contributed by atoms with Crippen LogP contribution in [0.2, 0.25) is 0 Å². The topological polar surface area (TPSA) is 39.1 Å². The van der Waals surface area contributed by atoms with E-state index in [9.17, 15) is 0 Å². The van der Waals surface area contributed by atoms with E-state index < -0.39 is 0 Å². The fourth-order valence-electron chi connectivity index (χ4n) is 2.07. The second-order valence-corrected chi connectivity index (χ2v) is 4.29. The highest BCUT2D eigenvalue weighted by molar-refractivity contribution is 5.30. The minimum Gasteiger partial charge on any atom is -0.481 e. The maximum Gasteiger partial charge on any atom is 0.216 e. The van der Waals surface area contributed by atoms with Crippen LogP contribution in [0.3, 0.4) is 0 Å². The fourth-order valence-corrected chi connectivity index (χ4v) is 2.07. The van der Waals surface area contributed by atoms with Crippen molar-refractivity contribution in [2.24, 2.45) is 7.05 Å². The summed E-state index contributed by atoms with van der Waals surface area (Å²) in [5.74, 6) is 0.827. The molecule has 0 radical (unpaired) electrons. The Balaban J connectivity index is 1.98. The fraction of sp³-hybridized carbons (Fsp3) is 0.357. The van der Waals surface area contributed by atoms with Gasteiger partial charge in [-0.1, -0.05) is 30.3 Å². The van der Waals surface area contributed by atoms with Crippen molar-refractivity contribution in [2.75, 3.05) is 7.11 Å². The third-order valence-corrected chi connectivity index (χ3v) is 2.96. The molecule has 4 heteroatoms. The third kappa shape index (κ3) is 2.71. The van der Waals surface area contributed by atoms with Gasteiger partial charge in [-0.3, -0.25) is 0 Å². The van der Waals surface area contributed by atoms with Crippen LogP contribution in [0.1, 0.15) is 16.8 Å². The number of rotatable bonds is 5. The molecule has 1 heterocycles. The van der Waals surface area contributed by atoms with Crippen molar-refractivity contribution in [3.63, 3.8) is 0 Å². The molecule has 18 heavy (non-hydrogen) atoms. The Morgan fingerprint density at radius 1 is 1.22 bits per heavy atom. The van der Waals surface area contributed by atoms with E-state index in [0.717, 1.165) is 30.2 Å². The SMILES string of the molecule is COc1c(CNCc2ccccc2)c(C)nn1C. The van der Waals surface area contributed by atoms with Crippen molar-refractivity contribution in [1.29, 1.82) is 0 Å². The van der Waals surface area contributed by atoms with E-state index in [1.807, 2.05) is 32.2 Å². The molecule has 0 fully saturated rings. The van der Waals surface area contributed by atoms with Gasteiger partial charge in [0.05, 0.1) is 18.4 Å². The van der Waals surface area contributed by atoms with Gasteiger partial charge in [-0.15, -0.1) is 0 Å². The summed E-state index contributed by atoms with van der Waals surface area (Å²) in [5.41, 5.74) is 3.41. The molecule has 0 aliphatic carbocycles. The lowest BCUT2D eigenvalue weighted by molar-refractivity contribution is 0.368. The summed E-state index contributed by atoms with van der Waals surface area (Å²) in [5, 5.41) is 7.77. The molecular formula is C14H19N3O. The number of nitrogens with one attached hydrogen (secondary N) is 1. The molecular weight excluding hydrogens is 226 g/mol. The Morgan fingerprint density at radius 3 is 2.61 bits per heavy atom. The normalized spacial score (nSPS) is 10.6. The van der Waals surface area contributed by atoms with Crippen molar-refractivity contribution < 1.29 is 4.74 Å². The zero-order valence-corrected chi connectivity index (χ0v) is 11.1. The van der Waals surface area contributed by atoms with E-state index >= 15 is 0 Å². The van der Waals surface area contributed by atoms with Gasteiger partial charge in [0.1, 0.15) is 0 Å². The van der Waals surface area contributed by atoms with Crippen LogP contribution in [-0.2, 0) is 20.1 Å². The maximum absolute atomic E-state index is 5.36. The van der Waals surface area contributed by atoms with Gasteiger partial charge in [0.25, 0.3) is 0 Å². The van der Waals surface area contributed by atoms with Gasteiger partial charge < -0.3 is 10.1 Å². The van der Waals surface area contributed by atoms with Gasteiger partial charge in [-0.25, -0.2) is 4.68 Å². The second-order valence-electron chi connectivity index (χ2n) is 4.29. The Bertz CT molecular complexity index is 505. The summed E-state index contributed by atoms with van der Waals surface area (Å²) in [4.78, 5) is 0. The van der Waals surface area contributed by atoms with Crippen LogP contribution in [-0.4, -0.2) is 16.9 Å². The summed E-state index contributed by atoms with van der Waals surface area (Å²) in [6.45, 7) is 3.61. The Hall–Kier alpha value is -1.81. The molecule has 0 aliphatic heterocycles. The molecule has 96 valence electrons. The zero-order chi connectivity index (χ0) is 13.0. The predicted octanol–water partition coefficient (Wildman–Crippen LogP) is 2.03. The second kappa shape index (κ2) is 5.69. The first-order valence-electron chi connectivity index (χ1n) is 6.03. The van der Waals surface area contributed by atoms with Gasteiger partial charge in [0.15, 0.2) is 0 Å². The standard InChI is InChI=1S/C14H19N3O/c1-11-13(14(18-3)17(2)16-11)10-15-9-12-7-5-4-6-8-12/h4-8,15H,9-10H2,1-3H3. The number of aryl methyl sites for hydroxylation is 2. The van der Waals surface area contributed by atoms with Gasteiger partial charge in [0, 0.05) is 20.1 Å². The zero-order valence-electron chi connectivity index (χ0n) is 11.1. The maximum atomic E-state index is 5.36. The third-order valence-electron chi connectivity index (χ3n) is 2.96. The summed E-state index contributed by atoms with van der Waals surface area (Å²) < 4.78 is 7.13. The minimum absolute atomic E-state index is 0.762. The summed E-state index contributed by atoms with van der Waals surface area (Å²) >= 11 is 0. The van der Waals surface area contributed by atoms with Crippen LogP contribution in [0.25, 0.3) is 0 Å². The van der Waals surface area contributed by atoms with Crippen molar-refractivity contribution in [3.05, 3.63) is 47.2 Å². The molecule has 1 aromatic carbocycles. The quantitative estimate of drug-likeness (QED) is 0.876. The van der Waals surface area contributed by atoms with Crippen LogP contribution in [0, 0.1) is 6.92 Å². The molecule has 0 aliphatic rings.